The number of piperidine rings is 1. The number of nitrogens with one attached hydrogen (secondary N) is 1. The molecule has 0 aliphatic carbocycles. The molecule has 0 bridgehead atoms. The summed E-state index contributed by atoms with van der Waals surface area (Å²) in [4.78, 5) is 12.9. The molecule has 0 spiro atoms. The summed E-state index contributed by atoms with van der Waals surface area (Å²) in [5.74, 6) is -0.256. The number of rotatable bonds is 2. The largest absolute Gasteiger partial charge is 0.465 e. The van der Waals surface area contributed by atoms with Crippen molar-refractivity contribution in [3.05, 3.63) is 30.1 Å². The fraction of sp³-hybridized carbons (Fsp3) is 0.562. The number of hydrogen-bond acceptors (Lipinski definition) is 2. The summed E-state index contributed by atoms with van der Waals surface area (Å²) in [6.07, 6.45) is 0.666. The first-order chi connectivity index (χ1) is 9.77. The topological polar surface area (TPSA) is 52.6 Å². The maximum atomic E-state index is 12.9. The van der Waals surface area contributed by atoms with Gasteiger partial charge < -0.3 is 15.3 Å². The van der Waals surface area contributed by atoms with E-state index in [0.717, 1.165) is 18.5 Å². The van der Waals surface area contributed by atoms with Crippen LogP contribution in [-0.4, -0.2) is 34.7 Å². The Morgan fingerprint density at radius 3 is 2.48 bits per heavy atom. The summed E-state index contributed by atoms with van der Waals surface area (Å²) in [6.45, 7) is 6.71. The fourth-order valence-electron chi connectivity index (χ4n) is 2.93. The van der Waals surface area contributed by atoms with Gasteiger partial charge in [0.15, 0.2) is 0 Å². The molecule has 1 saturated heterocycles. The fourth-order valence-corrected chi connectivity index (χ4v) is 2.93. The monoisotopic (exact) mass is 294 g/mol. The Balaban J connectivity index is 2.07. The third-order valence-electron chi connectivity index (χ3n) is 4.06. The summed E-state index contributed by atoms with van der Waals surface area (Å²) in [7, 11) is 0. The molecule has 1 aromatic rings. The molecule has 1 amide bonds. The van der Waals surface area contributed by atoms with Crippen molar-refractivity contribution < 1.29 is 14.3 Å². The van der Waals surface area contributed by atoms with E-state index in [4.69, 9.17) is 0 Å². The minimum atomic E-state index is -0.852. The zero-order valence-corrected chi connectivity index (χ0v) is 12.8. The van der Waals surface area contributed by atoms with Crippen molar-refractivity contribution in [2.75, 3.05) is 11.9 Å². The second kappa shape index (κ2) is 5.92. The van der Waals surface area contributed by atoms with Crippen molar-refractivity contribution in [3.8, 4) is 0 Å². The average Bonchev–Trinajstić information content (AvgIpc) is 2.40. The lowest BCUT2D eigenvalue weighted by atomic mass is 9.79. The van der Waals surface area contributed by atoms with Gasteiger partial charge in [-0.2, -0.15) is 0 Å². The molecule has 1 heterocycles. The van der Waals surface area contributed by atoms with E-state index in [9.17, 15) is 14.3 Å². The summed E-state index contributed by atoms with van der Waals surface area (Å²) < 4.78 is 12.9. The van der Waals surface area contributed by atoms with E-state index in [0.29, 0.717) is 6.54 Å². The third-order valence-corrected chi connectivity index (χ3v) is 4.06. The molecule has 116 valence electrons. The Kier molecular flexibility index (Phi) is 4.40. The van der Waals surface area contributed by atoms with Gasteiger partial charge in [0.2, 0.25) is 0 Å². The molecule has 5 heteroatoms. The van der Waals surface area contributed by atoms with Gasteiger partial charge in [0.05, 0.1) is 0 Å². The lowest BCUT2D eigenvalue weighted by Gasteiger charge is -2.44. The van der Waals surface area contributed by atoms with Crippen LogP contribution in [0.25, 0.3) is 0 Å². The van der Waals surface area contributed by atoms with Crippen LogP contribution in [0, 0.1) is 11.2 Å². The van der Waals surface area contributed by atoms with Crippen LogP contribution in [0.1, 0.15) is 33.6 Å². The number of amides is 1. The van der Waals surface area contributed by atoms with Crippen molar-refractivity contribution in [1.82, 2.24) is 4.90 Å². The van der Waals surface area contributed by atoms with Gasteiger partial charge >= 0.3 is 6.09 Å². The lowest BCUT2D eigenvalue weighted by molar-refractivity contribution is 0.0557. The van der Waals surface area contributed by atoms with Crippen LogP contribution in [0.3, 0.4) is 0 Å². The first-order valence-corrected chi connectivity index (χ1v) is 7.29. The Hall–Kier alpha value is -1.78. The van der Waals surface area contributed by atoms with Crippen LogP contribution in [0.2, 0.25) is 0 Å². The van der Waals surface area contributed by atoms with Crippen LogP contribution >= 0.6 is 0 Å². The van der Waals surface area contributed by atoms with Crippen molar-refractivity contribution in [2.45, 2.75) is 45.7 Å². The molecule has 0 aromatic heterocycles. The number of halogens is 1. The first-order valence-electron chi connectivity index (χ1n) is 7.29. The molecular formula is C16H23FN2O2. The van der Waals surface area contributed by atoms with E-state index in [1.807, 2.05) is 0 Å². The van der Waals surface area contributed by atoms with Crippen molar-refractivity contribution in [3.63, 3.8) is 0 Å². The van der Waals surface area contributed by atoms with E-state index in [2.05, 4.69) is 26.1 Å². The SMILES string of the molecule is CC(C)(C)C1CC(Nc2ccc(F)cc2)CCN1C(=O)O. The number of benzene rings is 1. The van der Waals surface area contributed by atoms with Gasteiger partial charge in [-0.3, -0.25) is 0 Å². The molecule has 0 saturated carbocycles. The highest BCUT2D eigenvalue weighted by Gasteiger charge is 2.38. The number of carboxylic acid groups (broad SMARTS) is 1. The summed E-state index contributed by atoms with van der Waals surface area (Å²) in [5, 5.41) is 12.7. The minimum absolute atomic E-state index is 0.0262. The van der Waals surface area contributed by atoms with Crippen molar-refractivity contribution >= 4 is 11.8 Å². The molecule has 2 N–H and O–H groups in total. The summed E-state index contributed by atoms with van der Waals surface area (Å²) >= 11 is 0. The number of anilines is 1. The van der Waals surface area contributed by atoms with Crippen LogP contribution < -0.4 is 5.32 Å². The standard InChI is InChI=1S/C16H23FN2O2/c1-16(2,3)14-10-13(8-9-19(14)15(20)21)18-12-6-4-11(17)5-7-12/h4-7,13-14,18H,8-10H2,1-3H3,(H,20,21). The first kappa shape index (κ1) is 15.6. The Morgan fingerprint density at radius 2 is 1.95 bits per heavy atom. The molecule has 2 atom stereocenters. The maximum absolute atomic E-state index is 12.9. The zero-order valence-electron chi connectivity index (χ0n) is 12.8. The highest BCUT2D eigenvalue weighted by Crippen LogP contribution is 2.33. The number of likely N-dealkylation sites (tertiary alicyclic amines) is 1. The molecule has 2 unspecified atom stereocenters. The van der Waals surface area contributed by atoms with Gasteiger partial charge in [-0.05, 0) is 42.5 Å². The molecule has 4 nitrogen and oxygen atoms in total. The van der Waals surface area contributed by atoms with Gasteiger partial charge in [-0.25, -0.2) is 9.18 Å². The molecule has 1 fully saturated rings. The van der Waals surface area contributed by atoms with Crippen molar-refractivity contribution in [1.29, 1.82) is 0 Å². The average molecular weight is 294 g/mol. The summed E-state index contributed by atoms with van der Waals surface area (Å²) in [6, 6.07) is 6.46. The Labute approximate surface area is 125 Å². The van der Waals surface area contributed by atoms with Gasteiger partial charge in [0.25, 0.3) is 0 Å². The predicted molar refractivity (Wildman–Crippen MR) is 81.0 cm³/mol. The Morgan fingerprint density at radius 1 is 1.33 bits per heavy atom. The Bertz CT molecular complexity index is 496. The van der Waals surface area contributed by atoms with E-state index in [1.165, 1.54) is 12.1 Å². The van der Waals surface area contributed by atoms with Crippen LogP contribution in [0.15, 0.2) is 24.3 Å². The number of nitrogens with zero attached hydrogens (tertiary/aromatic N) is 1. The molecular weight excluding hydrogens is 271 g/mol. The van der Waals surface area contributed by atoms with Crippen molar-refractivity contribution in [2.24, 2.45) is 5.41 Å². The second-order valence-electron chi connectivity index (χ2n) is 6.73. The van der Waals surface area contributed by atoms with E-state index in [-0.39, 0.29) is 23.3 Å². The van der Waals surface area contributed by atoms with E-state index < -0.39 is 6.09 Å². The number of carbonyl (C=O) groups is 1. The van der Waals surface area contributed by atoms with Gasteiger partial charge in [-0.1, -0.05) is 20.8 Å². The van der Waals surface area contributed by atoms with E-state index in [1.54, 1.807) is 17.0 Å². The van der Waals surface area contributed by atoms with Gasteiger partial charge in [-0.15, -0.1) is 0 Å². The minimum Gasteiger partial charge on any atom is -0.465 e. The number of hydrogen-bond donors (Lipinski definition) is 2. The second-order valence-corrected chi connectivity index (χ2v) is 6.73. The normalized spacial score (nSPS) is 23.0. The molecule has 1 aliphatic heterocycles. The highest BCUT2D eigenvalue weighted by molar-refractivity contribution is 5.65. The molecule has 1 aliphatic rings. The zero-order chi connectivity index (χ0) is 15.6. The predicted octanol–water partition coefficient (Wildman–Crippen LogP) is 3.79. The summed E-state index contributed by atoms with van der Waals surface area (Å²) in [5.41, 5.74) is 0.763. The van der Waals surface area contributed by atoms with E-state index >= 15 is 0 Å². The lowest BCUT2D eigenvalue weighted by Crippen LogP contribution is -2.54. The molecule has 2 rings (SSSR count). The maximum Gasteiger partial charge on any atom is 0.407 e. The van der Waals surface area contributed by atoms with Crippen LogP contribution in [0.4, 0.5) is 14.9 Å². The van der Waals surface area contributed by atoms with Crippen LogP contribution in [-0.2, 0) is 0 Å². The van der Waals surface area contributed by atoms with Crippen LogP contribution in [0.5, 0.6) is 0 Å². The molecule has 0 radical (unpaired) electrons. The molecule has 21 heavy (non-hydrogen) atoms. The van der Waals surface area contributed by atoms with Gasteiger partial charge in [0, 0.05) is 24.3 Å². The third kappa shape index (κ3) is 3.86. The molecule has 1 aromatic carbocycles. The smallest absolute Gasteiger partial charge is 0.407 e. The van der Waals surface area contributed by atoms with Gasteiger partial charge in [0.1, 0.15) is 5.82 Å². The highest BCUT2D eigenvalue weighted by atomic mass is 19.1. The quantitative estimate of drug-likeness (QED) is 0.872.